The summed E-state index contributed by atoms with van der Waals surface area (Å²) in [6.45, 7) is 1.98. The van der Waals surface area contributed by atoms with Gasteiger partial charge in [-0.25, -0.2) is 4.79 Å². The summed E-state index contributed by atoms with van der Waals surface area (Å²) in [5.41, 5.74) is 3.24. The van der Waals surface area contributed by atoms with Gasteiger partial charge in [0.2, 0.25) is 0 Å². The maximum Gasteiger partial charge on any atom is 0.339 e. The zero-order valence-electron chi connectivity index (χ0n) is 17.5. The second-order valence-electron chi connectivity index (χ2n) is 6.66. The number of aliphatic hydroxyl groups excluding tert-OH is 2. The molecule has 0 fully saturated rings. The van der Waals surface area contributed by atoms with E-state index in [4.69, 9.17) is 10.00 Å². The van der Waals surface area contributed by atoms with Crippen LogP contribution in [0.25, 0.3) is 0 Å². The van der Waals surface area contributed by atoms with Crippen LogP contribution in [0.3, 0.4) is 0 Å². The van der Waals surface area contributed by atoms with E-state index in [1.165, 1.54) is 0 Å². The number of rotatable bonds is 6. The number of ether oxygens (including phenoxy) is 1. The van der Waals surface area contributed by atoms with Crippen molar-refractivity contribution in [3.8, 4) is 6.07 Å². The van der Waals surface area contributed by atoms with Crippen molar-refractivity contribution in [1.82, 2.24) is 0 Å². The molecule has 2 aromatic carbocycles. The number of nitriles is 1. The number of aliphatic hydroxyl groups is 2. The Balaban J connectivity index is 0. The molecule has 2 rings (SSSR count). The monoisotopic (exact) mass is 431 g/mol. The summed E-state index contributed by atoms with van der Waals surface area (Å²) in [7, 11) is 7.74. The zero-order valence-corrected chi connectivity index (χ0v) is 17.5. The lowest BCUT2D eigenvalue weighted by Gasteiger charge is -2.14. The number of esters is 1. The molecule has 2 atom stereocenters. The van der Waals surface area contributed by atoms with Gasteiger partial charge in [-0.05, 0) is 42.3 Å². The highest BCUT2D eigenvalue weighted by Crippen LogP contribution is 2.19. The second-order valence-corrected chi connectivity index (χ2v) is 6.66. The fraction of sp³-hybridized carbons (Fsp3) is 0.417. The molecule has 0 aromatic heterocycles. The molecule has 0 aliphatic heterocycles. The summed E-state index contributed by atoms with van der Waals surface area (Å²) in [4.78, 5) is 15.2. The standard InChI is InChI=1S/C12H17NO3.C10H12N2O.2CH4/c1-4-16-12(15)11(14)9-5-7-10(8-6-9)13(2)3;1-12(2)9-5-3-8(4-6-9)10(13)7-11;;/h5-8,11,14H,4H2,1-3H3;3-6,10,13H,1-2H3;2*1H4. The minimum absolute atomic E-state index is 0. The van der Waals surface area contributed by atoms with Crippen LogP contribution in [0.5, 0.6) is 0 Å². The molecule has 2 N–H and O–H groups in total. The largest absolute Gasteiger partial charge is 0.464 e. The van der Waals surface area contributed by atoms with E-state index in [-0.39, 0.29) is 21.5 Å². The predicted molar refractivity (Wildman–Crippen MR) is 127 cm³/mol. The Morgan fingerprint density at radius 2 is 1.29 bits per heavy atom. The van der Waals surface area contributed by atoms with Crippen LogP contribution in [0.2, 0.25) is 0 Å². The Hall–Kier alpha value is -3.08. The number of hydrogen-bond acceptors (Lipinski definition) is 7. The van der Waals surface area contributed by atoms with E-state index in [2.05, 4.69) is 0 Å². The van der Waals surface area contributed by atoms with Gasteiger partial charge < -0.3 is 24.7 Å². The van der Waals surface area contributed by atoms with Crippen LogP contribution in [-0.4, -0.2) is 51.0 Å². The maximum atomic E-state index is 11.3. The predicted octanol–water partition coefficient (Wildman–Crippen LogP) is 3.93. The summed E-state index contributed by atoms with van der Waals surface area (Å²) in [6, 6.07) is 16.1. The highest BCUT2D eigenvalue weighted by atomic mass is 16.5. The van der Waals surface area contributed by atoms with Crippen LogP contribution in [0, 0.1) is 11.3 Å². The molecule has 31 heavy (non-hydrogen) atoms. The highest BCUT2D eigenvalue weighted by molar-refractivity contribution is 5.76. The molecule has 0 saturated carbocycles. The minimum atomic E-state index is -1.20. The molecular formula is C24H37N3O4. The van der Waals surface area contributed by atoms with Gasteiger partial charge in [0.1, 0.15) is 0 Å². The Labute approximate surface area is 187 Å². The molecular weight excluding hydrogens is 394 g/mol. The Morgan fingerprint density at radius 1 is 0.903 bits per heavy atom. The number of anilines is 2. The van der Waals surface area contributed by atoms with Crippen molar-refractivity contribution in [1.29, 1.82) is 5.26 Å². The lowest BCUT2D eigenvalue weighted by atomic mass is 10.1. The van der Waals surface area contributed by atoms with Gasteiger partial charge in [-0.2, -0.15) is 5.26 Å². The number of carbonyl (C=O) groups excluding carboxylic acids is 1. The number of hydrogen-bond donors (Lipinski definition) is 2. The van der Waals surface area contributed by atoms with E-state index in [1.807, 2.05) is 62.3 Å². The van der Waals surface area contributed by atoms with Crippen molar-refractivity contribution >= 4 is 17.3 Å². The molecule has 7 heteroatoms. The van der Waals surface area contributed by atoms with Crippen LogP contribution < -0.4 is 9.80 Å². The minimum Gasteiger partial charge on any atom is -0.464 e. The fourth-order valence-corrected chi connectivity index (χ4v) is 2.34. The van der Waals surface area contributed by atoms with Gasteiger partial charge in [-0.3, -0.25) is 0 Å². The first-order valence-electron chi connectivity index (χ1n) is 9.18. The van der Waals surface area contributed by atoms with Crippen LogP contribution in [-0.2, 0) is 9.53 Å². The molecule has 7 nitrogen and oxygen atoms in total. The van der Waals surface area contributed by atoms with Gasteiger partial charge >= 0.3 is 5.97 Å². The normalized spacial score (nSPS) is 11.2. The van der Waals surface area contributed by atoms with E-state index in [1.54, 1.807) is 37.3 Å². The van der Waals surface area contributed by atoms with E-state index in [0.717, 1.165) is 11.4 Å². The summed E-state index contributed by atoms with van der Waals surface area (Å²) < 4.78 is 4.74. The molecule has 0 heterocycles. The Morgan fingerprint density at radius 3 is 1.61 bits per heavy atom. The van der Waals surface area contributed by atoms with Crippen LogP contribution in [0.4, 0.5) is 11.4 Å². The first-order valence-corrected chi connectivity index (χ1v) is 9.18. The van der Waals surface area contributed by atoms with Crippen LogP contribution in [0.1, 0.15) is 45.1 Å². The first kappa shape index (κ1) is 30.1. The molecule has 0 spiro atoms. The molecule has 0 amide bonds. The van der Waals surface area contributed by atoms with Gasteiger partial charge in [0.15, 0.2) is 12.2 Å². The van der Waals surface area contributed by atoms with Gasteiger partial charge in [0.25, 0.3) is 0 Å². The lowest BCUT2D eigenvalue weighted by molar-refractivity contribution is -0.153. The molecule has 172 valence electrons. The van der Waals surface area contributed by atoms with Gasteiger partial charge in [0.05, 0.1) is 12.7 Å². The van der Waals surface area contributed by atoms with E-state index in [9.17, 15) is 15.0 Å². The average molecular weight is 432 g/mol. The molecule has 0 aliphatic rings. The molecule has 2 unspecified atom stereocenters. The first-order chi connectivity index (χ1) is 13.7. The van der Waals surface area contributed by atoms with Crippen molar-refractivity contribution in [2.24, 2.45) is 0 Å². The van der Waals surface area contributed by atoms with Crippen molar-refractivity contribution < 1.29 is 19.7 Å². The van der Waals surface area contributed by atoms with Crippen molar-refractivity contribution in [2.75, 3.05) is 44.6 Å². The Bertz CT molecular complexity index is 797. The quantitative estimate of drug-likeness (QED) is 0.528. The van der Waals surface area contributed by atoms with Gasteiger partial charge in [0, 0.05) is 39.6 Å². The molecule has 2 aromatic rings. The smallest absolute Gasteiger partial charge is 0.339 e. The van der Waals surface area contributed by atoms with Crippen molar-refractivity contribution in [3.05, 3.63) is 59.7 Å². The van der Waals surface area contributed by atoms with Gasteiger partial charge in [-0.15, -0.1) is 0 Å². The van der Waals surface area contributed by atoms with E-state index < -0.39 is 18.2 Å². The number of benzene rings is 2. The van der Waals surface area contributed by atoms with Gasteiger partial charge in [-0.1, -0.05) is 39.1 Å². The van der Waals surface area contributed by atoms with Crippen molar-refractivity contribution in [3.63, 3.8) is 0 Å². The highest BCUT2D eigenvalue weighted by Gasteiger charge is 2.18. The molecule has 0 bridgehead atoms. The third-order valence-electron chi connectivity index (χ3n) is 4.08. The fourth-order valence-electron chi connectivity index (χ4n) is 2.34. The lowest BCUT2D eigenvalue weighted by Crippen LogP contribution is -2.15. The number of carbonyl (C=O) groups is 1. The van der Waals surface area contributed by atoms with Crippen molar-refractivity contribution in [2.45, 2.75) is 34.0 Å². The maximum absolute atomic E-state index is 11.3. The van der Waals surface area contributed by atoms with E-state index >= 15 is 0 Å². The Kier molecular flexibility index (Phi) is 14.4. The third-order valence-corrected chi connectivity index (χ3v) is 4.08. The zero-order chi connectivity index (χ0) is 22.0. The van der Waals surface area contributed by atoms with E-state index in [0.29, 0.717) is 11.1 Å². The SMILES string of the molecule is C.C.CCOC(=O)C(O)c1ccc(N(C)C)cc1.CN(C)c1ccc(C(O)C#N)cc1. The third kappa shape index (κ3) is 9.51. The molecule has 0 radical (unpaired) electrons. The summed E-state index contributed by atoms with van der Waals surface area (Å²) >= 11 is 0. The second kappa shape index (κ2) is 14.8. The van der Waals surface area contributed by atoms with Crippen LogP contribution >= 0.6 is 0 Å². The summed E-state index contributed by atoms with van der Waals surface area (Å²) in [5, 5.41) is 27.3. The summed E-state index contributed by atoms with van der Waals surface area (Å²) in [5.74, 6) is -0.611. The average Bonchev–Trinajstić information content (AvgIpc) is 2.73. The summed E-state index contributed by atoms with van der Waals surface area (Å²) in [6.07, 6.45) is -2.22. The van der Waals surface area contributed by atoms with Crippen LogP contribution in [0.15, 0.2) is 48.5 Å². The molecule has 0 aliphatic carbocycles. The molecule has 0 saturated heterocycles. The topological polar surface area (TPSA) is 97.0 Å². The number of nitrogens with zero attached hydrogens (tertiary/aromatic N) is 3.